The first-order chi connectivity index (χ1) is 6.84. The third-order valence-corrected chi connectivity index (χ3v) is 2.87. The zero-order chi connectivity index (χ0) is 9.54. The fourth-order valence-corrected chi connectivity index (χ4v) is 2.33. The van der Waals surface area contributed by atoms with Gasteiger partial charge in [-0.15, -0.1) is 0 Å². The summed E-state index contributed by atoms with van der Waals surface area (Å²) in [5.74, 6) is 0. The Bertz CT molecular complexity index is 533. The molecule has 0 aromatic heterocycles. The maximum atomic E-state index is 2.30. The Morgan fingerprint density at radius 2 is 2.07 bits per heavy atom. The Morgan fingerprint density at radius 3 is 3.00 bits per heavy atom. The summed E-state index contributed by atoms with van der Waals surface area (Å²) in [5.41, 5.74) is 4.20. The van der Waals surface area contributed by atoms with Gasteiger partial charge in [0.15, 0.2) is 0 Å². The lowest BCUT2D eigenvalue weighted by Gasteiger charge is -2.13. The van der Waals surface area contributed by atoms with Crippen LogP contribution >= 0.6 is 0 Å². The van der Waals surface area contributed by atoms with E-state index in [1.54, 1.807) is 0 Å². The summed E-state index contributed by atoms with van der Waals surface area (Å²) in [7, 11) is 0. The van der Waals surface area contributed by atoms with E-state index in [-0.39, 0.29) is 0 Å². The van der Waals surface area contributed by atoms with Crippen molar-refractivity contribution in [3.05, 3.63) is 53.1 Å². The second kappa shape index (κ2) is 2.71. The molecule has 0 fully saturated rings. The van der Waals surface area contributed by atoms with Crippen molar-refractivity contribution in [2.75, 3.05) is 0 Å². The lowest BCUT2D eigenvalue weighted by atomic mass is 9.92. The van der Waals surface area contributed by atoms with Crippen LogP contribution < -0.4 is 0 Å². The Hall–Kier alpha value is -1.56. The number of allylic oxidation sites excluding steroid dienone is 1. The summed E-state index contributed by atoms with van der Waals surface area (Å²) >= 11 is 0. The second-order valence-corrected chi connectivity index (χ2v) is 3.98. The molecule has 0 unspecified atom stereocenters. The second-order valence-electron chi connectivity index (χ2n) is 3.98. The fourth-order valence-electron chi connectivity index (χ4n) is 2.33. The van der Waals surface area contributed by atoms with E-state index in [1.807, 2.05) is 0 Å². The van der Waals surface area contributed by atoms with Gasteiger partial charge < -0.3 is 0 Å². The third kappa shape index (κ3) is 1.00. The fraction of sp³-hybridized carbons (Fsp3) is 0.143. The minimum atomic E-state index is 1.08. The molecule has 0 atom stereocenters. The van der Waals surface area contributed by atoms with E-state index in [0.29, 0.717) is 0 Å². The van der Waals surface area contributed by atoms with Gasteiger partial charge in [0, 0.05) is 0 Å². The van der Waals surface area contributed by atoms with Crippen LogP contribution in [0.3, 0.4) is 0 Å². The summed E-state index contributed by atoms with van der Waals surface area (Å²) in [4.78, 5) is 0. The van der Waals surface area contributed by atoms with Crippen molar-refractivity contribution >= 4 is 16.8 Å². The van der Waals surface area contributed by atoms with Crippen LogP contribution in [0.1, 0.15) is 16.7 Å². The van der Waals surface area contributed by atoms with Crippen LogP contribution in [-0.2, 0) is 6.42 Å². The monoisotopic (exact) mass is 180 g/mol. The van der Waals surface area contributed by atoms with Gasteiger partial charge in [-0.25, -0.2) is 0 Å². The number of hydrogen-bond acceptors (Lipinski definition) is 0. The number of hydrogen-bond donors (Lipinski definition) is 0. The van der Waals surface area contributed by atoms with Crippen LogP contribution in [-0.4, -0.2) is 0 Å². The molecule has 1 aliphatic carbocycles. The van der Waals surface area contributed by atoms with Gasteiger partial charge >= 0.3 is 0 Å². The molecule has 0 radical (unpaired) electrons. The van der Waals surface area contributed by atoms with E-state index in [4.69, 9.17) is 0 Å². The normalized spacial score (nSPS) is 13.5. The van der Waals surface area contributed by atoms with Crippen LogP contribution in [0.4, 0.5) is 0 Å². The molecular formula is C14H12. The van der Waals surface area contributed by atoms with Crippen LogP contribution in [0.2, 0.25) is 0 Å². The zero-order valence-electron chi connectivity index (χ0n) is 8.25. The van der Waals surface area contributed by atoms with Gasteiger partial charge in [0.1, 0.15) is 0 Å². The van der Waals surface area contributed by atoms with Crippen LogP contribution in [0, 0.1) is 6.92 Å². The molecule has 1 aliphatic rings. The van der Waals surface area contributed by atoms with E-state index in [0.717, 1.165) is 6.42 Å². The predicted octanol–water partition coefficient (Wildman–Crippen LogP) is 3.72. The molecule has 3 rings (SSSR count). The minimum absolute atomic E-state index is 1.08. The molecular weight excluding hydrogens is 168 g/mol. The Labute approximate surface area is 83.9 Å². The molecule has 0 N–H and O–H groups in total. The summed E-state index contributed by atoms with van der Waals surface area (Å²) in [6.45, 7) is 2.17. The first kappa shape index (κ1) is 7.81. The molecule has 14 heavy (non-hydrogen) atoms. The quantitative estimate of drug-likeness (QED) is 0.579. The van der Waals surface area contributed by atoms with Crippen LogP contribution in [0.15, 0.2) is 36.4 Å². The highest BCUT2D eigenvalue weighted by molar-refractivity contribution is 5.95. The molecule has 0 amide bonds. The molecule has 68 valence electrons. The van der Waals surface area contributed by atoms with Crippen molar-refractivity contribution in [1.82, 2.24) is 0 Å². The Balaban J connectivity index is 2.53. The van der Waals surface area contributed by atoms with Crippen molar-refractivity contribution in [2.45, 2.75) is 13.3 Å². The molecule has 0 nitrogen and oxygen atoms in total. The molecule has 2 aromatic rings. The van der Waals surface area contributed by atoms with Crippen molar-refractivity contribution in [3.63, 3.8) is 0 Å². The van der Waals surface area contributed by atoms with Gasteiger partial charge in [0.2, 0.25) is 0 Å². The maximum absolute atomic E-state index is 2.30. The summed E-state index contributed by atoms with van der Waals surface area (Å²) in [5, 5.41) is 2.82. The third-order valence-electron chi connectivity index (χ3n) is 2.87. The zero-order valence-corrected chi connectivity index (χ0v) is 8.25. The van der Waals surface area contributed by atoms with Crippen molar-refractivity contribution in [1.29, 1.82) is 0 Å². The Kier molecular flexibility index (Phi) is 1.51. The van der Waals surface area contributed by atoms with Crippen molar-refractivity contribution in [2.24, 2.45) is 0 Å². The summed E-state index contributed by atoms with van der Waals surface area (Å²) in [6.07, 6.45) is 5.55. The molecule has 0 heteroatoms. The average Bonchev–Trinajstić information content (AvgIpc) is 2.18. The molecule has 0 aliphatic heterocycles. The lowest BCUT2D eigenvalue weighted by Crippen LogP contribution is -1.93. The van der Waals surface area contributed by atoms with Gasteiger partial charge in [-0.1, -0.05) is 48.0 Å². The number of benzene rings is 2. The standard InChI is InChI=1S/C14H12/c1-10-8-12-6-2-4-11-5-3-7-13(9-10)14(11)12/h2-6,8-9H,7H2,1H3. The van der Waals surface area contributed by atoms with E-state index in [2.05, 4.69) is 49.4 Å². The lowest BCUT2D eigenvalue weighted by molar-refractivity contribution is 1.27. The van der Waals surface area contributed by atoms with E-state index in [1.165, 1.54) is 27.5 Å². The Morgan fingerprint density at radius 1 is 1.14 bits per heavy atom. The summed E-state index contributed by atoms with van der Waals surface area (Å²) in [6, 6.07) is 11.1. The average molecular weight is 180 g/mol. The highest BCUT2D eigenvalue weighted by Crippen LogP contribution is 2.29. The van der Waals surface area contributed by atoms with E-state index in [9.17, 15) is 0 Å². The number of rotatable bonds is 0. The molecule has 0 bridgehead atoms. The van der Waals surface area contributed by atoms with Gasteiger partial charge in [-0.3, -0.25) is 0 Å². The molecule has 0 spiro atoms. The predicted molar refractivity (Wildman–Crippen MR) is 61.4 cm³/mol. The molecule has 0 saturated heterocycles. The molecule has 0 saturated carbocycles. The van der Waals surface area contributed by atoms with Gasteiger partial charge in [-0.05, 0) is 35.2 Å². The smallest absolute Gasteiger partial charge is 0.00761 e. The topological polar surface area (TPSA) is 0 Å². The molecule has 2 aromatic carbocycles. The molecule has 0 heterocycles. The van der Waals surface area contributed by atoms with Crippen molar-refractivity contribution < 1.29 is 0 Å². The van der Waals surface area contributed by atoms with Crippen LogP contribution in [0.5, 0.6) is 0 Å². The summed E-state index contributed by atoms with van der Waals surface area (Å²) < 4.78 is 0. The van der Waals surface area contributed by atoms with E-state index >= 15 is 0 Å². The maximum Gasteiger partial charge on any atom is -0.00761 e. The van der Waals surface area contributed by atoms with Gasteiger partial charge in [0.25, 0.3) is 0 Å². The number of aryl methyl sites for hydroxylation is 1. The van der Waals surface area contributed by atoms with Crippen molar-refractivity contribution in [3.8, 4) is 0 Å². The van der Waals surface area contributed by atoms with Crippen LogP contribution in [0.25, 0.3) is 16.8 Å². The SMILES string of the molecule is Cc1cc2c3c(cccc3c1)C=CC2. The van der Waals surface area contributed by atoms with Gasteiger partial charge in [0.05, 0.1) is 0 Å². The minimum Gasteiger partial charge on any atom is -0.0795 e. The first-order valence-corrected chi connectivity index (χ1v) is 5.03. The van der Waals surface area contributed by atoms with Gasteiger partial charge in [-0.2, -0.15) is 0 Å². The largest absolute Gasteiger partial charge is 0.0795 e. The first-order valence-electron chi connectivity index (χ1n) is 5.03. The highest BCUT2D eigenvalue weighted by atomic mass is 14.1. The van der Waals surface area contributed by atoms with E-state index < -0.39 is 0 Å². The highest BCUT2D eigenvalue weighted by Gasteiger charge is 2.07.